The molecule has 5 nitrogen and oxygen atoms in total. The van der Waals surface area contributed by atoms with E-state index >= 15 is 0 Å². The monoisotopic (exact) mass is 327 g/mol. The molecule has 1 amide bonds. The summed E-state index contributed by atoms with van der Waals surface area (Å²) in [5, 5.41) is 11.8. The van der Waals surface area contributed by atoms with Gasteiger partial charge in [0, 0.05) is 5.69 Å². The Morgan fingerprint density at radius 1 is 1.12 bits per heavy atom. The Balaban J connectivity index is 2.07. The minimum absolute atomic E-state index is 0.180. The Kier molecular flexibility index (Phi) is 5.95. The number of ether oxygens (including phenoxy) is 1. The Morgan fingerprint density at radius 3 is 2.46 bits per heavy atom. The van der Waals surface area contributed by atoms with Crippen LogP contribution in [0.1, 0.15) is 35.3 Å². The van der Waals surface area contributed by atoms with Crippen LogP contribution in [0.4, 0.5) is 10.5 Å². The summed E-state index contributed by atoms with van der Waals surface area (Å²) in [5.41, 5.74) is 2.46. The van der Waals surface area contributed by atoms with Crippen LogP contribution in [-0.2, 0) is 17.8 Å². The summed E-state index contributed by atoms with van der Waals surface area (Å²) in [6.07, 6.45) is 0.0991. The molecule has 2 rings (SSSR count). The van der Waals surface area contributed by atoms with Gasteiger partial charge in [-0.2, -0.15) is 0 Å². The smallest absolute Gasteiger partial charge is 0.411 e. The number of carbonyl (C=O) groups excluding carboxylic acids is 1. The molecule has 0 aromatic heterocycles. The maximum absolute atomic E-state index is 12.0. The second kappa shape index (κ2) is 8.15. The number of carbonyl (C=O) groups is 2. The maximum Gasteiger partial charge on any atom is 0.411 e. The van der Waals surface area contributed by atoms with Crippen LogP contribution in [0.5, 0.6) is 0 Å². The van der Waals surface area contributed by atoms with Crippen molar-refractivity contribution in [3.63, 3.8) is 0 Å². The Hall–Kier alpha value is -2.82. The van der Waals surface area contributed by atoms with Gasteiger partial charge in [-0.05, 0) is 41.7 Å². The zero-order valence-corrected chi connectivity index (χ0v) is 13.8. The fraction of sp³-hybridized carbons (Fsp3) is 0.263. The van der Waals surface area contributed by atoms with E-state index in [1.54, 1.807) is 12.1 Å². The number of benzene rings is 2. The van der Waals surface area contributed by atoms with E-state index in [0.717, 1.165) is 11.1 Å². The summed E-state index contributed by atoms with van der Waals surface area (Å²) in [5.74, 6) is -0.659. The molecule has 0 heterocycles. The van der Waals surface area contributed by atoms with Crippen LogP contribution >= 0.6 is 0 Å². The summed E-state index contributed by atoms with van der Waals surface area (Å²) >= 11 is 0. The SMILES string of the molecule is CC(C)Cc1cc(C(=O)O)ccc1NC(=O)OCc1ccccc1. The third kappa shape index (κ3) is 5.12. The molecule has 5 heteroatoms. The highest BCUT2D eigenvalue weighted by Crippen LogP contribution is 2.21. The van der Waals surface area contributed by atoms with Crippen LogP contribution in [0.25, 0.3) is 0 Å². The van der Waals surface area contributed by atoms with E-state index in [2.05, 4.69) is 5.32 Å². The third-order valence-electron chi connectivity index (χ3n) is 3.43. The van der Waals surface area contributed by atoms with Crippen molar-refractivity contribution in [3.8, 4) is 0 Å². The number of hydrogen-bond donors (Lipinski definition) is 2. The molecule has 24 heavy (non-hydrogen) atoms. The predicted molar refractivity (Wildman–Crippen MR) is 92.2 cm³/mol. The third-order valence-corrected chi connectivity index (χ3v) is 3.43. The Labute approximate surface area is 141 Å². The molecule has 0 aliphatic carbocycles. The van der Waals surface area contributed by atoms with Crippen LogP contribution in [0.3, 0.4) is 0 Å². The second-order valence-electron chi connectivity index (χ2n) is 5.96. The lowest BCUT2D eigenvalue weighted by atomic mass is 9.99. The van der Waals surface area contributed by atoms with Gasteiger partial charge in [0.2, 0.25) is 0 Å². The normalized spacial score (nSPS) is 10.5. The molecule has 2 aromatic carbocycles. The highest BCUT2D eigenvalue weighted by molar-refractivity contribution is 5.90. The van der Waals surface area contributed by atoms with Gasteiger partial charge in [-0.1, -0.05) is 44.2 Å². The van der Waals surface area contributed by atoms with Gasteiger partial charge in [-0.15, -0.1) is 0 Å². The van der Waals surface area contributed by atoms with Gasteiger partial charge in [0.25, 0.3) is 0 Å². The molecule has 0 spiro atoms. The van der Waals surface area contributed by atoms with Crippen molar-refractivity contribution in [2.75, 3.05) is 5.32 Å². The molecule has 0 atom stereocenters. The molecule has 0 saturated carbocycles. The Morgan fingerprint density at radius 2 is 1.83 bits per heavy atom. The molecule has 0 aliphatic rings. The molecule has 0 bridgehead atoms. The number of nitrogens with one attached hydrogen (secondary N) is 1. The van der Waals surface area contributed by atoms with Gasteiger partial charge in [0.15, 0.2) is 0 Å². The van der Waals surface area contributed by atoms with Crippen molar-refractivity contribution in [2.45, 2.75) is 26.9 Å². The first kappa shape index (κ1) is 17.5. The number of anilines is 1. The van der Waals surface area contributed by atoms with Crippen molar-refractivity contribution in [2.24, 2.45) is 5.92 Å². The minimum Gasteiger partial charge on any atom is -0.478 e. The number of carboxylic acid groups (broad SMARTS) is 1. The molecule has 2 aromatic rings. The number of aromatic carboxylic acids is 1. The van der Waals surface area contributed by atoms with Crippen LogP contribution in [0.2, 0.25) is 0 Å². The van der Waals surface area contributed by atoms with Crippen LogP contribution in [0.15, 0.2) is 48.5 Å². The summed E-state index contributed by atoms with van der Waals surface area (Å²) in [4.78, 5) is 23.1. The van der Waals surface area contributed by atoms with Gasteiger partial charge in [-0.25, -0.2) is 9.59 Å². The fourth-order valence-corrected chi connectivity index (χ4v) is 2.33. The largest absolute Gasteiger partial charge is 0.478 e. The maximum atomic E-state index is 12.0. The lowest BCUT2D eigenvalue weighted by Crippen LogP contribution is -2.15. The van der Waals surface area contributed by atoms with E-state index in [1.807, 2.05) is 44.2 Å². The lowest BCUT2D eigenvalue weighted by molar-refractivity contribution is 0.0696. The van der Waals surface area contributed by atoms with Crippen molar-refractivity contribution in [1.29, 1.82) is 0 Å². The zero-order valence-electron chi connectivity index (χ0n) is 13.8. The van der Waals surface area contributed by atoms with E-state index in [9.17, 15) is 9.59 Å². The van der Waals surface area contributed by atoms with Gasteiger partial charge < -0.3 is 9.84 Å². The number of carboxylic acids is 1. The standard InChI is InChI=1S/C19H21NO4/c1-13(2)10-16-11-15(18(21)22)8-9-17(16)20-19(23)24-12-14-6-4-3-5-7-14/h3-9,11,13H,10,12H2,1-2H3,(H,20,23)(H,21,22). The molecule has 126 valence electrons. The molecule has 0 fully saturated rings. The summed E-state index contributed by atoms with van der Waals surface area (Å²) < 4.78 is 5.20. The first-order valence-electron chi connectivity index (χ1n) is 7.79. The second-order valence-corrected chi connectivity index (χ2v) is 5.96. The molecular weight excluding hydrogens is 306 g/mol. The van der Waals surface area contributed by atoms with Crippen molar-refractivity contribution >= 4 is 17.7 Å². The highest BCUT2D eigenvalue weighted by atomic mass is 16.5. The molecule has 0 unspecified atom stereocenters. The number of amides is 1. The topological polar surface area (TPSA) is 75.6 Å². The van der Waals surface area contributed by atoms with E-state index in [-0.39, 0.29) is 12.2 Å². The number of hydrogen-bond acceptors (Lipinski definition) is 3. The van der Waals surface area contributed by atoms with Crippen LogP contribution in [-0.4, -0.2) is 17.2 Å². The van der Waals surface area contributed by atoms with Crippen molar-refractivity contribution < 1.29 is 19.4 Å². The summed E-state index contributed by atoms with van der Waals surface area (Å²) in [6, 6.07) is 14.1. The lowest BCUT2D eigenvalue weighted by Gasteiger charge is -2.14. The molecule has 0 aliphatic heterocycles. The molecule has 0 saturated heterocycles. The predicted octanol–water partition coefficient (Wildman–Crippen LogP) is 4.33. The van der Waals surface area contributed by atoms with Crippen LogP contribution in [0, 0.1) is 5.92 Å². The average Bonchev–Trinajstić information content (AvgIpc) is 2.55. The molecular formula is C19H21NO4. The van der Waals surface area contributed by atoms with E-state index in [1.165, 1.54) is 6.07 Å². The molecule has 0 radical (unpaired) electrons. The quantitative estimate of drug-likeness (QED) is 0.828. The first-order chi connectivity index (χ1) is 11.5. The van der Waals surface area contributed by atoms with Gasteiger partial charge in [-0.3, -0.25) is 5.32 Å². The Bertz CT molecular complexity index is 711. The van der Waals surface area contributed by atoms with Gasteiger partial charge in [0.1, 0.15) is 6.61 Å². The van der Waals surface area contributed by atoms with Crippen molar-refractivity contribution in [3.05, 3.63) is 65.2 Å². The number of rotatable bonds is 6. The van der Waals surface area contributed by atoms with E-state index in [4.69, 9.17) is 9.84 Å². The van der Waals surface area contributed by atoms with E-state index < -0.39 is 12.1 Å². The average molecular weight is 327 g/mol. The zero-order chi connectivity index (χ0) is 17.5. The van der Waals surface area contributed by atoms with E-state index in [0.29, 0.717) is 18.0 Å². The summed E-state index contributed by atoms with van der Waals surface area (Å²) in [7, 11) is 0. The van der Waals surface area contributed by atoms with Crippen molar-refractivity contribution in [1.82, 2.24) is 0 Å². The summed E-state index contributed by atoms with van der Waals surface area (Å²) in [6.45, 7) is 4.25. The highest BCUT2D eigenvalue weighted by Gasteiger charge is 2.13. The minimum atomic E-state index is -0.988. The first-order valence-corrected chi connectivity index (χ1v) is 7.79. The van der Waals surface area contributed by atoms with Crippen LogP contribution < -0.4 is 5.32 Å². The fourth-order valence-electron chi connectivity index (χ4n) is 2.33. The molecule has 2 N–H and O–H groups in total. The van der Waals surface area contributed by atoms with Gasteiger partial charge in [0.05, 0.1) is 5.56 Å². The van der Waals surface area contributed by atoms with Gasteiger partial charge >= 0.3 is 12.1 Å².